The number of nitrogens with one attached hydrogen (secondary N) is 1. The molecule has 0 radical (unpaired) electrons. The van der Waals surface area contributed by atoms with Gasteiger partial charge in [-0.2, -0.15) is 0 Å². The number of Topliss-reactive ketones (excluding diaryl/α,β-unsaturated/α-hetero) is 1. The molecule has 2 atom stereocenters. The highest BCUT2D eigenvalue weighted by molar-refractivity contribution is 6.04. The van der Waals surface area contributed by atoms with E-state index < -0.39 is 5.92 Å². The molecule has 2 aliphatic carbocycles. The first kappa shape index (κ1) is 23.5. The van der Waals surface area contributed by atoms with Crippen molar-refractivity contribution in [2.75, 3.05) is 0 Å². The van der Waals surface area contributed by atoms with E-state index >= 15 is 0 Å². The standard InChI is InChI=1S/C30H32FNO3/c1-3-24-29(30(34)35-23-6-4-5-7-23)27(20-12-14-22(31)15-13-20)28-25(32-24)16-21(17-26(28)33)19-10-8-18(2)9-11-19/h8-15,21,23,27,32H,3-7,16-17H2,1-2H3. The molecule has 0 saturated heterocycles. The lowest BCUT2D eigenvalue weighted by molar-refractivity contribution is -0.144. The summed E-state index contributed by atoms with van der Waals surface area (Å²) in [6.45, 7) is 4.05. The Morgan fingerprint density at radius 2 is 1.66 bits per heavy atom. The second-order valence-electron chi connectivity index (χ2n) is 10.00. The van der Waals surface area contributed by atoms with Crippen molar-refractivity contribution in [3.63, 3.8) is 0 Å². The highest BCUT2D eigenvalue weighted by atomic mass is 19.1. The zero-order valence-corrected chi connectivity index (χ0v) is 20.4. The summed E-state index contributed by atoms with van der Waals surface area (Å²) >= 11 is 0. The van der Waals surface area contributed by atoms with Crippen molar-refractivity contribution in [3.05, 3.63) is 93.6 Å². The second kappa shape index (κ2) is 9.80. The number of ether oxygens (including phenoxy) is 1. The van der Waals surface area contributed by atoms with Gasteiger partial charge >= 0.3 is 5.97 Å². The van der Waals surface area contributed by atoms with Crippen molar-refractivity contribution >= 4 is 11.8 Å². The third-order valence-electron chi connectivity index (χ3n) is 7.61. The van der Waals surface area contributed by atoms with Crippen LogP contribution in [0.2, 0.25) is 0 Å². The van der Waals surface area contributed by atoms with Gasteiger partial charge in [0, 0.05) is 29.3 Å². The van der Waals surface area contributed by atoms with E-state index in [1.165, 1.54) is 17.7 Å². The lowest BCUT2D eigenvalue weighted by atomic mass is 9.71. The summed E-state index contributed by atoms with van der Waals surface area (Å²) in [7, 11) is 0. The molecule has 0 spiro atoms. The summed E-state index contributed by atoms with van der Waals surface area (Å²) in [6, 6.07) is 14.5. The van der Waals surface area contributed by atoms with Crippen molar-refractivity contribution in [2.24, 2.45) is 0 Å². The fourth-order valence-electron chi connectivity index (χ4n) is 5.76. The van der Waals surface area contributed by atoms with E-state index in [9.17, 15) is 14.0 Å². The van der Waals surface area contributed by atoms with Gasteiger partial charge in [0.1, 0.15) is 11.9 Å². The van der Waals surface area contributed by atoms with E-state index in [4.69, 9.17) is 4.74 Å². The van der Waals surface area contributed by atoms with Crippen molar-refractivity contribution in [2.45, 2.75) is 76.7 Å². The minimum atomic E-state index is -0.554. The lowest BCUT2D eigenvalue weighted by Gasteiger charge is -2.37. The van der Waals surface area contributed by atoms with Gasteiger partial charge in [0.2, 0.25) is 0 Å². The van der Waals surface area contributed by atoms with Gasteiger partial charge in [0.25, 0.3) is 0 Å². The van der Waals surface area contributed by atoms with E-state index in [2.05, 4.69) is 36.5 Å². The van der Waals surface area contributed by atoms with Crippen LogP contribution < -0.4 is 5.32 Å². The van der Waals surface area contributed by atoms with E-state index in [0.29, 0.717) is 30.4 Å². The summed E-state index contributed by atoms with van der Waals surface area (Å²) in [5, 5.41) is 3.48. The van der Waals surface area contributed by atoms with Crippen molar-refractivity contribution in [1.82, 2.24) is 5.32 Å². The molecule has 1 heterocycles. The van der Waals surface area contributed by atoms with Crippen molar-refractivity contribution in [3.8, 4) is 0 Å². The number of hydrogen-bond donors (Lipinski definition) is 1. The number of carbonyl (C=O) groups is 2. The van der Waals surface area contributed by atoms with Crippen LogP contribution in [0.4, 0.5) is 4.39 Å². The lowest BCUT2D eigenvalue weighted by Crippen LogP contribution is -2.37. The van der Waals surface area contributed by atoms with Crippen LogP contribution in [0.5, 0.6) is 0 Å². The number of dihydropyridines is 1. The summed E-state index contributed by atoms with van der Waals surface area (Å²) < 4.78 is 19.7. The van der Waals surface area contributed by atoms with Crippen LogP contribution in [0.25, 0.3) is 0 Å². The molecule has 1 N–H and O–H groups in total. The zero-order valence-electron chi connectivity index (χ0n) is 20.4. The first-order chi connectivity index (χ1) is 16.9. The predicted molar refractivity (Wildman–Crippen MR) is 133 cm³/mol. The average molecular weight is 474 g/mol. The molecular weight excluding hydrogens is 441 g/mol. The van der Waals surface area contributed by atoms with Gasteiger partial charge in [-0.1, -0.05) is 48.9 Å². The van der Waals surface area contributed by atoms with E-state index in [-0.39, 0.29) is 29.6 Å². The monoisotopic (exact) mass is 473 g/mol. The number of hydrogen-bond acceptors (Lipinski definition) is 4. The molecule has 5 rings (SSSR count). The predicted octanol–water partition coefficient (Wildman–Crippen LogP) is 6.37. The smallest absolute Gasteiger partial charge is 0.337 e. The third kappa shape index (κ3) is 4.69. The third-order valence-corrected chi connectivity index (χ3v) is 7.61. The Morgan fingerprint density at radius 1 is 1.00 bits per heavy atom. The maximum absolute atomic E-state index is 13.8. The number of rotatable bonds is 5. The van der Waals surface area contributed by atoms with Crippen LogP contribution >= 0.6 is 0 Å². The van der Waals surface area contributed by atoms with E-state index in [1.807, 2.05) is 6.92 Å². The molecule has 2 aromatic carbocycles. The summed E-state index contributed by atoms with van der Waals surface area (Å²) in [6.07, 6.45) is 5.47. The Balaban J connectivity index is 1.56. The quantitative estimate of drug-likeness (QED) is 0.513. The van der Waals surface area contributed by atoms with Crippen LogP contribution in [0.15, 0.2) is 71.1 Å². The largest absolute Gasteiger partial charge is 0.459 e. The number of ketones is 1. The molecule has 0 amide bonds. The molecule has 5 heteroatoms. The zero-order chi connectivity index (χ0) is 24.5. The Kier molecular flexibility index (Phi) is 6.59. The molecule has 1 fully saturated rings. The van der Waals surface area contributed by atoms with Crippen molar-refractivity contribution < 1.29 is 18.7 Å². The van der Waals surface area contributed by atoms with Gasteiger partial charge in [0.05, 0.1) is 5.57 Å². The molecule has 3 aliphatic rings. The maximum Gasteiger partial charge on any atom is 0.337 e. The number of aryl methyl sites for hydroxylation is 1. The first-order valence-electron chi connectivity index (χ1n) is 12.7. The molecule has 0 aromatic heterocycles. The topological polar surface area (TPSA) is 55.4 Å². The highest BCUT2D eigenvalue weighted by Gasteiger charge is 2.42. The molecule has 1 saturated carbocycles. The summed E-state index contributed by atoms with van der Waals surface area (Å²) in [5.74, 6) is -1.16. The van der Waals surface area contributed by atoms with Crippen LogP contribution in [-0.4, -0.2) is 17.9 Å². The van der Waals surface area contributed by atoms with Crippen LogP contribution in [0, 0.1) is 12.7 Å². The van der Waals surface area contributed by atoms with Crippen LogP contribution in [0.3, 0.4) is 0 Å². The molecule has 2 aromatic rings. The molecule has 182 valence electrons. The van der Waals surface area contributed by atoms with Gasteiger partial charge in [-0.15, -0.1) is 0 Å². The van der Waals surface area contributed by atoms with Crippen LogP contribution in [0.1, 0.15) is 80.4 Å². The second-order valence-corrected chi connectivity index (χ2v) is 10.00. The van der Waals surface area contributed by atoms with Gasteiger partial charge in [-0.05, 0) is 74.6 Å². The van der Waals surface area contributed by atoms with E-state index in [1.54, 1.807) is 12.1 Å². The SMILES string of the molecule is CCC1=C(C(=O)OC2CCCC2)C(c2ccc(F)cc2)C2=C(CC(c3ccc(C)cc3)CC2=O)N1. The Hall–Kier alpha value is -3.21. The summed E-state index contributed by atoms with van der Waals surface area (Å²) in [5.41, 5.74) is 5.84. The molecule has 2 unspecified atom stereocenters. The first-order valence-corrected chi connectivity index (χ1v) is 12.7. The van der Waals surface area contributed by atoms with Crippen molar-refractivity contribution in [1.29, 1.82) is 0 Å². The molecular formula is C30H32FNO3. The molecule has 0 bridgehead atoms. The van der Waals surface area contributed by atoms with E-state index in [0.717, 1.165) is 48.2 Å². The number of carbonyl (C=O) groups excluding carboxylic acids is 2. The van der Waals surface area contributed by atoms with Crippen LogP contribution in [-0.2, 0) is 14.3 Å². The maximum atomic E-state index is 13.8. The molecule has 35 heavy (non-hydrogen) atoms. The minimum absolute atomic E-state index is 0.0277. The number of esters is 1. The number of benzene rings is 2. The van der Waals surface area contributed by atoms with Gasteiger partial charge < -0.3 is 10.1 Å². The fraction of sp³-hybridized carbons (Fsp3) is 0.400. The number of allylic oxidation sites excluding steroid dienone is 3. The van der Waals surface area contributed by atoms with Gasteiger partial charge in [-0.25, -0.2) is 9.18 Å². The highest BCUT2D eigenvalue weighted by Crippen LogP contribution is 2.46. The Bertz CT molecular complexity index is 1190. The number of halogens is 1. The fourth-order valence-corrected chi connectivity index (χ4v) is 5.76. The summed E-state index contributed by atoms with van der Waals surface area (Å²) in [4.78, 5) is 27.2. The normalized spacial score (nSPS) is 22.8. The van der Waals surface area contributed by atoms with Gasteiger partial charge in [-0.3, -0.25) is 4.79 Å². The molecule has 1 aliphatic heterocycles. The Labute approximate surface area is 206 Å². The Morgan fingerprint density at radius 3 is 2.31 bits per heavy atom. The minimum Gasteiger partial charge on any atom is -0.459 e. The van der Waals surface area contributed by atoms with Gasteiger partial charge in [0.15, 0.2) is 5.78 Å². The molecule has 4 nitrogen and oxygen atoms in total. The average Bonchev–Trinajstić information content (AvgIpc) is 3.36.